The van der Waals surface area contributed by atoms with E-state index in [-0.39, 0.29) is 5.56 Å². The maximum atomic E-state index is 13.8. The summed E-state index contributed by atoms with van der Waals surface area (Å²) in [6.07, 6.45) is 0. The molecular formula is C12H13ClFN3. The lowest BCUT2D eigenvalue weighted by molar-refractivity contribution is 0.631. The molecular weight excluding hydrogens is 241 g/mol. The van der Waals surface area contributed by atoms with Crippen LogP contribution in [0.2, 0.25) is 5.02 Å². The van der Waals surface area contributed by atoms with Gasteiger partial charge in [0.2, 0.25) is 0 Å². The molecule has 2 N–H and O–H groups in total. The normalized spacial score (nSPS) is 10.8. The molecule has 2 rings (SSSR count). The van der Waals surface area contributed by atoms with Gasteiger partial charge in [-0.2, -0.15) is 0 Å². The fourth-order valence-electron chi connectivity index (χ4n) is 1.89. The summed E-state index contributed by atoms with van der Waals surface area (Å²) < 4.78 is 15.6. The molecule has 0 aliphatic rings. The van der Waals surface area contributed by atoms with E-state index in [1.54, 1.807) is 12.1 Å². The van der Waals surface area contributed by atoms with Gasteiger partial charge in [0.15, 0.2) is 0 Å². The van der Waals surface area contributed by atoms with Crippen LogP contribution in [0.25, 0.3) is 11.3 Å². The van der Waals surface area contributed by atoms with Crippen LogP contribution in [0, 0.1) is 12.7 Å². The van der Waals surface area contributed by atoms with E-state index in [0.717, 1.165) is 5.82 Å². The first-order chi connectivity index (χ1) is 8.06. The Hall–Kier alpha value is -1.55. The van der Waals surface area contributed by atoms with Crippen molar-refractivity contribution in [2.24, 2.45) is 0 Å². The second kappa shape index (κ2) is 4.37. The van der Waals surface area contributed by atoms with Crippen LogP contribution in [0.3, 0.4) is 0 Å². The lowest BCUT2D eigenvalue weighted by Gasteiger charge is -2.05. The van der Waals surface area contributed by atoms with E-state index in [0.29, 0.717) is 23.1 Å². The van der Waals surface area contributed by atoms with Crippen LogP contribution in [-0.2, 0) is 6.54 Å². The Balaban J connectivity index is 2.69. The molecule has 3 nitrogen and oxygen atoms in total. The standard InChI is InChI=1S/C12H13ClFN3/c1-3-17-7(2)16-11(12(17)15)10-8(13)5-4-6-9(10)14/h4-6H,3,15H2,1-2H3. The zero-order chi connectivity index (χ0) is 12.6. The maximum absolute atomic E-state index is 13.8. The topological polar surface area (TPSA) is 43.8 Å². The van der Waals surface area contributed by atoms with E-state index in [1.165, 1.54) is 6.07 Å². The van der Waals surface area contributed by atoms with Gasteiger partial charge in [-0.3, -0.25) is 0 Å². The number of rotatable bonds is 2. The van der Waals surface area contributed by atoms with Crippen molar-refractivity contribution in [3.8, 4) is 11.3 Å². The monoisotopic (exact) mass is 253 g/mol. The minimum absolute atomic E-state index is 0.266. The molecule has 0 atom stereocenters. The second-order valence-corrected chi connectivity index (χ2v) is 4.14. The number of imidazole rings is 1. The van der Waals surface area contributed by atoms with E-state index in [2.05, 4.69) is 4.98 Å². The van der Waals surface area contributed by atoms with Crippen molar-refractivity contribution in [1.29, 1.82) is 0 Å². The number of nitrogens with two attached hydrogens (primary N) is 1. The maximum Gasteiger partial charge on any atom is 0.134 e. The van der Waals surface area contributed by atoms with Crippen molar-refractivity contribution in [2.75, 3.05) is 5.73 Å². The summed E-state index contributed by atoms with van der Waals surface area (Å²) in [7, 11) is 0. The third-order valence-corrected chi connectivity index (χ3v) is 3.03. The summed E-state index contributed by atoms with van der Waals surface area (Å²) in [6.45, 7) is 4.48. The number of benzene rings is 1. The Morgan fingerprint density at radius 2 is 2.18 bits per heavy atom. The average Bonchev–Trinajstić information content (AvgIpc) is 2.54. The van der Waals surface area contributed by atoms with Gasteiger partial charge in [-0.25, -0.2) is 9.37 Å². The van der Waals surface area contributed by atoms with E-state index in [9.17, 15) is 4.39 Å². The molecule has 2 aromatic rings. The molecule has 0 aliphatic carbocycles. The van der Waals surface area contributed by atoms with Crippen LogP contribution >= 0.6 is 11.6 Å². The molecule has 17 heavy (non-hydrogen) atoms. The predicted octanol–water partition coefficient (Wildman–Crippen LogP) is 3.25. The highest BCUT2D eigenvalue weighted by molar-refractivity contribution is 6.33. The molecule has 0 saturated carbocycles. The Kier molecular flexibility index (Phi) is 3.07. The van der Waals surface area contributed by atoms with Gasteiger partial charge in [-0.15, -0.1) is 0 Å². The van der Waals surface area contributed by atoms with Crippen molar-refractivity contribution < 1.29 is 4.39 Å². The van der Waals surface area contributed by atoms with Gasteiger partial charge in [-0.05, 0) is 26.0 Å². The predicted molar refractivity (Wildman–Crippen MR) is 67.5 cm³/mol. The first-order valence-electron chi connectivity index (χ1n) is 5.33. The summed E-state index contributed by atoms with van der Waals surface area (Å²) in [5.41, 5.74) is 6.64. The number of nitrogens with zero attached hydrogens (tertiary/aromatic N) is 2. The highest BCUT2D eigenvalue weighted by Gasteiger charge is 2.18. The molecule has 0 spiro atoms. The summed E-state index contributed by atoms with van der Waals surface area (Å²) in [4.78, 5) is 4.29. The number of halogens is 2. The second-order valence-electron chi connectivity index (χ2n) is 3.73. The van der Waals surface area contributed by atoms with Crippen LogP contribution in [-0.4, -0.2) is 9.55 Å². The third-order valence-electron chi connectivity index (χ3n) is 2.71. The Bertz CT molecular complexity index is 543. The lowest BCUT2D eigenvalue weighted by Crippen LogP contribution is -2.02. The lowest BCUT2D eigenvalue weighted by atomic mass is 10.1. The number of anilines is 1. The Morgan fingerprint density at radius 3 is 2.71 bits per heavy atom. The number of hydrogen-bond acceptors (Lipinski definition) is 2. The van der Waals surface area contributed by atoms with Crippen LogP contribution < -0.4 is 5.73 Å². The highest BCUT2D eigenvalue weighted by Crippen LogP contribution is 2.33. The van der Waals surface area contributed by atoms with Gasteiger partial charge < -0.3 is 10.3 Å². The van der Waals surface area contributed by atoms with Crippen molar-refractivity contribution >= 4 is 17.4 Å². The fraction of sp³-hybridized carbons (Fsp3) is 0.250. The van der Waals surface area contributed by atoms with Crippen LogP contribution in [0.1, 0.15) is 12.7 Å². The van der Waals surface area contributed by atoms with Gasteiger partial charge in [0.25, 0.3) is 0 Å². The molecule has 0 unspecified atom stereocenters. The largest absolute Gasteiger partial charge is 0.383 e. The van der Waals surface area contributed by atoms with Crippen molar-refractivity contribution in [1.82, 2.24) is 9.55 Å². The highest BCUT2D eigenvalue weighted by atomic mass is 35.5. The number of hydrogen-bond donors (Lipinski definition) is 1. The van der Waals surface area contributed by atoms with Gasteiger partial charge in [-0.1, -0.05) is 17.7 Å². The molecule has 0 amide bonds. The minimum Gasteiger partial charge on any atom is -0.383 e. The molecule has 90 valence electrons. The molecule has 5 heteroatoms. The smallest absolute Gasteiger partial charge is 0.134 e. The van der Waals surface area contributed by atoms with Crippen molar-refractivity contribution in [3.05, 3.63) is 34.9 Å². The fourth-order valence-corrected chi connectivity index (χ4v) is 2.14. The Morgan fingerprint density at radius 1 is 1.47 bits per heavy atom. The van der Waals surface area contributed by atoms with Gasteiger partial charge >= 0.3 is 0 Å². The van der Waals surface area contributed by atoms with Gasteiger partial charge in [0, 0.05) is 6.54 Å². The van der Waals surface area contributed by atoms with Crippen LogP contribution in [0.5, 0.6) is 0 Å². The van der Waals surface area contributed by atoms with E-state index >= 15 is 0 Å². The zero-order valence-corrected chi connectivity index (χ0v) is 10.4. The SMILES string of the molecule is CCn1c(C)nc(-c2c(F)cccc2Cl)c1N. The summed E-state index contributed by atoms with van der Waals surface area (Å²) in [6, 6.07) is 4.53. The molecule has 0 bridgehead atoms. The number of nitrogen functional groups attached to an aromatic ring is 1. The Labute approximate surface area is 104 Å². The van der Waals surface area contributed by atoms with E-state index < -0.39 is 5.82 Å². The molecule has 0 radical (unpaired) electrons. The summed E-state index contributed by atoms with van der Waals surface area (Å²) >= 11 is 6.00. The quantitative estimate of drug-likeness (QED) is 0.893. The molecule has 0 fully saturated rings. The average molecular weight is 254 g/mol. The van der Waals surface area contributed by atoms with E-state index in [4.69, 9.17) is 17.3 Å². The molecule has 1 aromatic carbocycles. The minimum atomic E-state index is -0.412. The van der Waals surface area contributed by atoms with E-state index in [1.807, 2.05) is 18.4 Å². The summed E-state index contributed by atoms with van der Waals surface area (Å²) in [5, 5.41) is 0.317. The summed E-state index contributed by atoms with van der Waals surface area (Å²) in [5.74, 6) is 0.779. The number of aromatic nitrogens is 2. The van der Waals surface area contributed by atoms with Crippen LogP contribution in [0.15, 0.2) is 18.2 Å². The van der Waals surface area contributed by atoms with Gasteiger partial charge in [0.1, 0.15) is 23.2 Å². The number of aryl methyl sites for hydroxylation is 1. The zero-order valence-electron chi connectivity index (χ0n) is 9.67. The van der Waals surface area contributed by atoms with Crippen molar-refractivity contribution in [2.45, 2.75) is 20.4 Å². The molecule has 1 heterocycles. The van der Waals surface area contributed by atoms with Crippen LogP contribution in [0.4, 0.5) is 10.2 Å². The third kappa shape index (κ3) is 1.89. The first-order valence-corrected chi connectivity index (χ1v) is 5.71. The molecule has 0 saturated heterocycles. The first kappa shape index (κ1) is 11.9. The van der Waals surface area contributed by atoms with Gasteiger partial charge in [0.05, 0.1) is 10.6 Å². The molecule has 1 aromatic heterocycles. The molecule has 0 aliphatic heterocycles. The van der Waals surface area contributed by atoms with Crippen molar-refractivity contribution in [3.63, 3.8) is 0 Å².